The molecule has 0 radical (unpaired) electrons. The highest BCUT2D eigenvalue weighted by atomic mass is 16.4. The SMILES string of the molecule is CC(=O)N[C@H](CC(=O)O)Cc1ccccc1. The standard InChI is InChI=1S/C12H15NO3/c1-9(14)13-11(8-12(15)16)7-10-5-3-2-4-6-10/h2-6,11H,7-8H2,1H3,(H,13,14)(H,15,16)/t11-/m0/s1. The van der Waals surface area contributed by atoms with Gasteiger partial charge >= 0.3 is 5.97 Å². The van der Waals surface area contributed by atoms with Crippen molar-refractivity contribution in [3.8, 4) is 0 Å². The van der Waals surface area contributed by atoms with E-state index in [2.05, 4.69) is 5.32 Å². The van der Waals surface area contributed by atoms with Crippen LogP contribution in [0.2, 0.25) is 0 Å². The Morgan fingerprint density at radius 1 is 1.31 bits per heavy atom. The van der Waals surface area contributed by atoms with E-state index < -0.39 is 5.97 Å². The summed E-state index contributed by atoms with van der Waals surface area (Å²) in [5, 5.41) is 11.4. The summed E-state index contributed by atoms with van der Waals surface area (Å²) < 4.78 is 0. The average molecular weight is 221 g/mol. The molecule has 0 spiro atoms. The predicted octanol–water partition coefficient (Wildman–Crippen LogP) is 1.21. The Morgan fingerprint density at radius 3 is 2.44 bits per heavy atom. The maximum absolute atomic E-state index is 10.9. The van der Waals surface area contributed by atoms with Gasteiger partial charge in [0.1, 0.15) is 0 Å². The first-order valence-corrected chi connectivity index (χ1v) is 5.10. The van der Waals surface area contributed by atoms with Crippen LogP contribution in [0.1, 0.15) is 18.9 Å². The molecule has 0 fully saturated rings. The lowest BCUT2D eigenvalue weighted by Crippen LogP contribution is -2.36. The summed E-state index contributed by atoms with van der Waals surface area (Å²) in [6.45, 7) is 1.39. The van der Waals surface area contributed by atoms with Gasteiger partial charge in [-0.2, -0.15) is 0 Å². The molecule has 1 amide bonds. The van der Waals surface area contributed by atoms with E-state index in [0.29, 0.717) is 6.42 Å². The molecule has 4 nitrogen and oxygen atoms in total. The first-order chi connectivity index (χ1) is 7.58. The quantitative estimate of drug-likeness (QED) is 0.785. The molecule has 0 aliphatic rings. The van der Waals surface area contributed by atoms with Gasteiger partial charge in [0, 0.05) is 13.0 Å². The summed E-state index contributed by atoms with van der Waals surface area (Å²) in [6.07, 6.45) is 0.473. The van der Waals surface area contributed by atoms with E-state index >= 15 is 0 Å². The van der Waals surface area contributed by atoms with Gasteiger partial charge in [-0.3, -0.25) is 9.59 Å². The van der Waals surface area contributed by atoms with Gasteiger partial charge in [-0.1, -0.05) is 30.3 Å². The van der Waals surface area contributed by atoms with Crippen LogP contribution in [0.3, 0.4) is 0 Å². The van der Waals surface area contributed by atoms with E-state index in [1.165, 1.54) is 6.92 Å². The number of rotatable bonds is 5. The zero-order chi connectivity index (χ0) is 12.0. The zero-order valence-corrected chi connectivity index (χ0v) is 9.14. The van der Waals surface area contributed by atoms with Gasteiger partial charge in [0.2, 0.25) is 5.91 Å². The van der Waals surface area contributed by atoms with Crippen LogP contribution in [-0.2, 0) is 16.0 Å². The molecule has 0 aromatic heterocycles. The Morgan fingerprint density at radius 2 is 1.94 bits per heavy atom. The largest absolute Gasteiger partial charge is 0.481 e. The molecule has 1 rings (SSSR count). The Bertz CT molecular complexity index is 346. The molecule has 1 atom stereocenters. The van der Waals surface area contributed by atoms with Crippen LogP contribution in [0.5, 0.6) is 0 Å². The lowest BCUT2D eigenvalue weighted by molar-refractivity contribution is -0.137. The minimum absolute atomic E-state index is 0.0610. The van der Waals surface area contributed by atoms with Crippen molar-refractivity contribution >= 4 is 11.9 Å². The minimum atomic E-state index is -0.908. The number of hydrogen-bond donors (Lipinski definition) is 2. The molecule has 86 valence electrons. The first kappa shape index (κ1) is 12.2. The molecule has 1 aromatic carbocycles. The number of carbonyl (C=O) groups is 2. The number of carboxylic acids is 1. The molecular formula is C12H15NO3. The van der Waals surface area contributed by atoms with Crippen molar-refractivity contribution in [3.05, 3.63) is 35.9 Å². The number of benzene rings is 1. The Labute approximate surface area is 94.3 Å². The molecular weight excluding hydrogens is 206 g/mol. The lowest BCUT2D eigenvalue weighted by atomic mass is 10.0. The molecule has 2 N–H and O–H groups in total. The highest BCUT2D eigenvalue weighted by Gasteiger charge is 2.14. The maximum atomic E-state index is 10.9. The van der Waals surface area contributed by atoms with Crippen molar-refractivity contribution in [1.82, 2.24) is 5.32 Å². The fourth-order valence-electron chi connectivity index (χ4n) is 1.57. The maximum Gasteiger partial charge on any atom is 0.305 e. The van der Waals surface area contributed by atoms with E-state index in [1.807, 2.05) is 30.3 Å². The number of aliphatic carboxylic acids is 1. The highest BCUT2D eigenvalue weighted by molar-refractivity contribution is 5.75. The molecule has 0 aliphatic carbocycles. The van der Waals surface area contributed by atoms with Crippen LogP contribution in [0.4, 0.5) is 0 Å². The van der Waals surface area contributed by atoms with E-state index in [4.69, 9.17) is 5.11 Å². The predicted molar refractivity (Wildman–Crippen MR) is 60.0 cm³/mol. The van der Waals surface area contributed by atoms with Crippen LogP contribution < -0.4 is 5.32 Å². The second-order valence-electron chi connectivity index (χ2n) is 3.69. The average Bonchev–Trinajstić information content (AvgIpc) is 2.16. The Kier molecular flexibility index (Phi) is 4.51. The summed E-state index contributed by atoms with van der Waals surface area (Å²) in [5.41, 5.74) is 1.02. The van der Waals surface area contributed by atoms with Gasteiger partial charge in [-0.25, -0.2) is 0 Å². The van der Waals surface area contributed by atoms with E-state index in [1.54, 1.807) is 0 Å². The molecule has 0 saturated carbocycles. The van der Waals surface area contributed by atoms with E-state index in [0.717, 1.165) is 5.56 Å². The topological polar surface area (TPSA) is 66.4 Å². The normalized spacial score (nSPS) is 11.8. The molecule has 0 unspecified atom stereocenters. The summed E-state index contributed by atoms with van der Waals surface area (Å²) in [6, 6.07) is 9.15. The summed E-state index contributed by atoms with van der Waals surface area (Å²) in [7, 11) is 0. The number of amides is 1. The van der Waals surface area contributed by atoms with Crippen LogP contribution in [0, 0.1) is 0 Å². The Hall–Kier alpha value is -1.84. The molecule has 0 saturated heterocycles. The van der Waals surface area contributed by atoms with Crippen LogP contribution >= 0.6 is 0 Å². The summed E-state index contributed by atoms with van der Waals surface area (Å²) in [4.78, 5) is 21.6. The summed E-state index contributed by atoms with van der Waals surface area (Å²) in [5.74, 6) is -1.11. The van der Waals surface area contributed by atoms with Crippen molar-refractivity contribution in [1.29, 1.82) is 0 Å². The van der Waals surface area contributed by atoms with E-state index in [9.17, 15) is 9.59 Å². The highest BCUT2D eigenvalue weighted by Crippen LogP contribution is 2.05. The molecule has 0 bridgehead atoms. The van der Waals surface area contributed by atoms with Gasteiger partial charge in [0.15, 0.2) is 0 Å². The molecule has 4 heteroatoms. The molecule has 1 aromatic rings. The number of nitrogens with one attached hydrogen (secondary N) is 1. The monoisotopic (exact) mass is 221 g/mol. The Balaban J connectivity index is 2.63. The van der Waals surface area contributed by atoms with E-state index in [-0.39, 0.29) is 18.4 Å². The van der Waals surface area contributed by atoms with Gasteiger partial charge in [0.25, 0.3) is 0 Å². The fourth-order valence-corrected chi connectivity index (χ4v) is 1.57. The van der Waals surface area contributed by atoms with Crippen molar-refractivity contribution in [2.75, 3.05) is 0 Å². The molecule has 0 heterocycles. The zero-order valence-electron chi connectivity index (χ0n) is 9.14. The van der Waals surface area contributed by atoms with Crippen molar-refractivity contribution in [2.24, 2.45) is 0 Å². The van der Waals surface area contributed by atoms with Crippen LogP contribution in [0.15, 0.2) is 30.3 Å². The van der Waals surface area contributed by atoms with Crippen LogP contribution in [0.25, 0.3) is 0 Å². The molecule has 16 heavy (non-hydrogen) atoms. The third-order valence-electron chi connectivity index (χ3n) is 2.15. The van der Waals surface area contributed by atoms with Gasteiger partial charge in [-0.15, -0.1) is 0 Å². The third kappa shape index (κ3) is 4.59. The summed E-state index contributed by atoms with van der Waals surface area (Å²) >= 11 is 0. The van der Waals surface area contributed by atoms with Crippen molar-refractivity contribution in [3.63, 3.8) is 0 Å². The third-order valence-corrected chi connectivity index (χ3v) is 2.15. The minimum Gasteiger partial charge on any atom is -0.481 e. The van der Waals surface area contributed by atoms with Gasteiger partial charge in [0.05, 0.1) is 6.42 Å². The lowest BCUT2D eigenvalue weighted by Gasteiger charge is -2.15. The van der Waals surface area contributed by atoms with Crippen molar-refractivity contribution in [2.45, 2.75) is 25.8 Å². The fraction of sp³-hybridized carbons (Fsp3) is 0.333. The second kappa shape index (κ2) is 5.90. The first-order valence-electron chi connectivity index (χ1n) is 5.10. The van der Waals surface area contributed by atoms with Gasteiger partial charge in [-0.05, 0) is 12.0 Å². The number of carbonyl (C=O) groups excluding carboxylic acids is 1. The number of hydrogen-bond acceptors (Lipinski definition) is 2. The number of carboxylic acid groups (broad SMARTS) is 1. The van der Waals surface area contributed by atoms with Crippen LogP contribution in [-0.4, -0.2) is 23.0 Å². The van der Waals surface area contributed by atoms with Crippen molar-refractivity contribution < 1.29 is 14.7 Å². The smallest absolute Gasteiger partial charge is 0.305 e. The second-order valence-corrected chi connectivity index (χ2v) is 3.69. The molecule has 0 aliphatic heterocycles. The van der Waals surface area contributed by atoms with Gasteiger partial charge < -0.3 is 10.4 Å².